The summed E-state index contributed by atoms with van der Waals surface area (Å²) in [5.41, 5.74) is 0. The van der Waals surface area contributed by atoms with Gasteiger partial charge in [-0.2, -0.15) is 12.7 Å². The van der Waals surface area contributed by atoms with Crippen molar-refractivity contribution in [1.29, 1.82) is 0 Å². The van der Waals surface area contributed by atoms with Crippen LogP contribution in [0.25, 0.3) is 0 Å². The monoisotopic (exact) mass is 317 g/mol. The van der Waals surface area contributed by atoms with E-state index in [1.165, 1.54) is 12.8 Å². The fourth-order valence-electron chi connectivity index (χ4n) is 3.30. The normalized spacial score (nSPS) is 28.6. The molecule has 0 radical (unpaired) electrons. The van der Waals surface area contributed by atoms with E-state index in [4.69, 9.17) is 0 Å². The van der Waals surface area contributed by atoms with Crippen LogP contribution in [0.3, 0.4) is 0 Å². The first-order chi connectivity index (χ1) is 9.88. The molecule has 1 N–H and O–H groups in total. The van der Waals surface area contributed by atoms with Crippen molar-refractivity contribution >= 4 is 10.2 Å². The molecule has 21 heavy (non-hydrogen) atoms. The third kappa shape index (κ3) is 4.91. The molecule has 2 rings (SSSR count). The number of rotatable bonds is 5. The van der Waals surface area contributed by atoms with Gasteiger partial charge in [0, 0.05) is 32.2 Å². The zero-order chi connectivity index (χ0) is 15.5. The molecule has 124 valence electrons. The van der Waals surface area contributed by atoms with E-state index in [9.17, 15) is 8.42 Å². The molecule has 0 aromatic carbocycles. The van der Waals surface area contributed by atoms with E-state index in [-0.39, 0.29) is 6.04 Å². The molecular formula is C15H31N3O2S. The number of nitrogens with one attached hydrogen (secondary N) is 1. The van der Waals surface area contributed by atoms with Gasteiger partial charge in [-0.15, -0.1) is 0 Å². The van der Waals surface area contributed by atoms with Crippen LogP contribution < -0.4 is 4.72 Å². The molecule has 0 aromatic heterocycles. The van der Waals surface area contributed by atoms with Crippen LogP contribution in [0.15, 0.2) is 0 Å². The maximum Gasteiger partial charge on any atom is 0.279 e. The fraction of sp³-hybridized carbons (Fsp3) is 1.00. The molecule has 0 spiro atoms. The molecule has 0 unspecified atom stereocenters. The highest BCUT2D eigenvalue weighted by Crippen LogP contribution is 2.19. The first-order valence-corrected chi connectivity index (χ1v) is 9.81. The minimum atomic E-state index is -3.30. The summed E-state index contributed by atoms with van der Waals surface area (Å²) in [6, 6.07) is 0.270. The highest BCUT2D eigenvalue weighted by atomic mass is 32.2. The number of hydrogen-bond donors (Lipinski definition) is 1. The Bertz CT molecular complexity index is 419. The molecule has 0 amide bonds. The van der Waals surface area contributed by atoms with Gasteiger partial charge in [-0.25, -0.2) is 4.72 Å². The van der Waals surface area contributed by atoms with Crippen molar-refractivity contribution in [3.8, 4) is 0 Å². The van der Waals surface area contributed by atoms with Gasteiger partial charge in [-0.1, -0.05) is 13.8 Å². The molecule has 2 fully saturated rings. The Morgan fingerprint density at radius 2 is 1.76 bits per heavy atom. The molecule has 0 aliphatic carbocycles. The predicted molar refractivity (Wildman–Crippen MR) is 86.3 cm³/mol. The standard InChI is InChI=1S/C15H31N3O2S/c1-13-6-9-18(10-7-13)21(19,20)16-11-15(3)17-8-4-5-14(2)12-17/h13-16H,4-12H2,1-3H3/t14-,15-/m0/s1. The average molecular weight is 317 g/mol. The van der Waals surface area contributed by atoms with E-state index in [1.807, 2.05) is 0 Å². The first-order valence-electron chi connectivity index (χ1n) is 8.37. The Balaban J connectivity index is 1.80. The lowest BCUT2D eigenvalue weighted by Crippen LogP contribution is -2.50. The van der Waals surface area contributed by atoms with Gasteiger partial charge in [0.1, 0.15) is 0 Å². The minimum absolute atomic E-state index is 0.270. The van der Waals surface area contributed by atoms with Crippen LogP contribution in [0, 0.1) is 11.8 Å². The van der Waals surface area contributed by atoms with E-state index in [1.54, 1.807) is 4.31 Å². The Hall–Kier alpha value is -0.170. The summed E-state index contributed by atoms with van der Waals surface area (Å²) in [4.78, 5) is 2.41. The summed E-state index contributed by atoms with van der Waals surface area (Å²) in [7, 11) is -3.30. The maximum atomic E-state index is 12.3. The largest absolute Gasteiger partial charge is 0.299 e. The van der Waals surface area contributed by atoms with Crippen LogP contribution in [0.2, 0.25) is 0 Å². The highest BCUT2D eigenvalue weighted by Gasteiger charge is 2.27. The Labute approximate surface area is 130 Å². The Kier molecular flexibility index (Phi) is 6.05. The molecular weight excluding hydrogens is 286 g/mol. The Morgan fingerprint density at radius 1 is 1.10 bits per heavy atom. The molecule has 6 heteroatoms. The predicted octanol–water partition coefficient (Wildman–Crippen LogP) is 1.67. The Morgan fingerprint density at radius 3 is 2.38 bits per heavy atom. The van der Waals surface area contributed by atoms with Crippen LogP contribution in [-0.2, 0) is 10.2 Å². The van der Waals surface area contributed by atoms with E-state index >= 15 is 0 Å². The van der Waals surface area contributed by atoms with Crippen molar-refractivity contribution in [3.05, 3.63) is 0 Å². The summed E-state index contributed by atoms with van der Waals surface area (Å²) in [5, 5.41) is 0. The van der Waals surface area contributed by atoms with Crippen molar-refractivity contribution < 1.29 is 8.42 Å². The molecule has 0 saturated carbocycles. The first kappa shape index (κ1) is 17.2. The van der Waals surface area contributed by atoms with Gasteiger partial charge in [-0.3, -0.25) is 4.90 Å². The van der Waals surface area contributed by atoms with Gasteiger partial charge in [0.05, 0.1) is 0 Å². The number of nitrogens with zero attached hydrogens (tertiary/aromatic N) is 2. The maximum absolute atomic E-state index is 12.3. The smallest absolute Gasteiger partial charge is 0.279 e. The molecule has 2 heterocycles. The summed E-state index contributed by atoms with van der Waals surface area (Å²) in [6.07, 6.45) is 4.46. The minimum Gasteiger partial charge on any atom is -0.299 e. The lowest BCUT2D eigenvalue weighted by atomic mass is 9.99. The van der Waals surface area contributed by atoms with Crippen LogP contribution in [-0.4, -0.2) is 56.4 Å². The quantitative estimate of drug-likeness (QED) is 0.839. The summed E-state index contributed by atoms with van der Waals surface area (Å²) >= 11 is 0. The molecule has 2 saturated heterocycles. The van der Waals surface area contributed by atoms with Gasteiger partial charge in [0.2, 0.25) is 0 Å². The van der Waals surface area contributed by atoms with Gasteiger partial charge < -0.3 is 0 Å². The van der Waals surface area contributed by atoms with Gasteiger partial charge in [0.15, 0.2) is 0 Å². The number of likely N-dealkylation sites (tertiary alicyclic amines) is 1. The molecule has 0 bridgehead atoms. The zero-order valence-electron chi connectivity index (χ0n) is 13.7. The topological polar surface area (TPSA) is 52.7 Å². The van der Waals surface area contributed by atoms with Gasteiger partial charge in [0.25, 0.3) is 10.2 Å². The van der Waals surface area contributed by atoms with Crippen LogP contribution in [0.1, 0.15) is 46.5 Å². The summed E-state index contributed by atoms with van der Waals surface area (Å²) < 4.78 is 29.1. The van der Waals surface area contributed by atoms with Crippen molar-refractivity contribution in [2.45, 2.75) is 52.5 Å². The lowest BCUT2D eigenvalue weighted by molar-refractivity contribution is 0.139. The number of hydrogen-bond acceptors (Lipinski definition) is 3. The molecule has 2 aliphatic rings. The van der Waals surface area contributed by atoms with E-state index in [0.29, 0.717) is 25.6 Å². The van der Waals surface area contributed by atoms with Crippen molar-refractivity contribution in [3.63, 3.8) is 0 Å². The molecule has 0 aromatic rings. The van der Waals surface area contributed by atoms with E-state index in [0.717, 1.165) is 31.8 Å². The van der Waals surface area contributed by atoms with Crippen molar-refractivity contribution in [1.82, 2.24) is 13.9 Å². The van der Waals surface area contributed by atoms with Gasteiger partial charge >= 0.3 is 0 Å². The third-order valence-corrected chi connectivity index (χ3v) is 6.53. The second kappa shape index (κ2) is 7.40. The van der Waals surface area contributed by atoms with E-state index < -0.39 is 10.2 Å². The summed E-state index contributed by atoms with van der Waals surface area (Å²) in [5.74, 6) is 1.37. The highest BCUT2D eigenvalue weighted by molar-refractivity contribution is 7.87. The SMILES string of the molecule is CC1CCN(S(=O)(=O)NC[C@H](C)N2CCC[C@H](C)C2)CC1. The fourth-order valence-corrected chi connectivity index (χ4v) is 4.62. The van der Waals surface area contributed by atoms with Crippen molar-refractivity contribution in [2.24, 2.45) is 11.8 Å². The third-order valence-electron chi connectivity index (χ3n) is 4.96. The van der Waals surface area contributed by atoms with E-state index in [2.05, 4.69) is 30.4 Å². The zero-order valence-corrected chi connectivity index (χ0v) is 14.5. The van der Waals surface area contributed by atoms with Crippen LogP contribution >= 0.6 is 0 Å². The summed E-state index contributed by atoms with van der Waals surface area (Å²) in [6.45, 7) is 10.6. The number of piperidine rings is 2. The second-order valence-corrected chi connectivity index (χ2v) is 8.78. The molecule has 2 atom stereocenters. The van der Waals surface area contributed by atoms with Crippen LogP contribution in [0.5, 0.6) is 0 Å². The van der Waals surface area contributed by atoms with Crippen molar-refractivity contribution in [2.75, 3.05) is 32.7 Å². The molecule has 5 nitrogen and oxygen atoms in total. The lowest BCUT2D eigenvalue weighted by Gasteiger charge is -2.36. The second-order valence-electron chi connectivity index (χ2n) is 7.03. The van der Waals surface area contributed by atoms with Crippen LogP contribution in [0.4, 0.5) is 0 Å². The molecule has 2 aliphatic heterocycles. The van der Waals surface area contributed by atoms with Gasteiger partial charge in [-0.05, 0) is 51.0 Å². The average Bonchev–Trinajstić information content (AvgIpc) is 2.45.